The van der Waals surface area contributed by atoms with Gasteiger partial charge < -0.3 is 14.4 Å². The number of carbonyl (C=O) groups is 1. The molecule has 104 valence electrons. The topological polar surface area (TPSA) is 81.9 Å². The number of hydrogen-bond donors (Lipinski definition) is 0. The van der Waals surface area contributed by atoms with Gasteiger partial charge in [-0.05, 0) is 12.1 Å². The first kappa shape index (κ1) is 14.7. The summed E-state index contributed by atoms with van der Waals surface area (Å²) in [6.45, 7) is 0.333. The molecule has 7 heteroatoms. The van der Waals surface area contributed by atoms with E-state index in [1.54, 1.807) is 24.1 Å². The Balaban J connectivity index is 2.92. The molecule has 0 saturated carbocycles. The van der Waals surface area contributed by atoms with E-state index in [9.17, 15) is 14.9 Å². The summed E-state index contributed by atoms with van der Waals surface area (Å²) >= 11 is 0. The molecule has 1 aromatic carbocycles. The zero-order chi connectivity index (χ0) is 14.4. The number of methoxy groups -OCH3 is 2. The van der Waals surface area contributed by atoms with E-state index in [1.165, 1.54) is 20.3 Å². The minimum atomic E-state index is -0.480. The molecule has 0 aromatic heterocycles. The van der Waals surface area contributed by atoms with E-state index in [4.69, 9.17) is 4.74 Å². The highest BCUT2D eigenvalue weighted by molar-refractivity contribution is 5.71. The van der Waals surface area contributed by atoms with Crippen LogP contribution in [0.15, 0.2) is 18.2 Å². The third-order valence-corrected chi connectivity index (χ3v) is 2.67. The van der Waals surface area contributed by atoms with Gasteiger partial charge in [0.15, 0.2) is 0 Å². The third kappa shape index (κ3) is 3.84. The lowest BCUT2D eigenvalue weighted by Crippen LogP contribution is -2.22. The maximum Gasteiger partial charge on any atom is 0.307 e. The normalized spacial score (nSPS) is 9.84. The van der Waals surface area contributed by atoms with Crippen LogP contribution in [0.4, 0.5) is 11.4 Å². The summed E-state index contributed by atoms with van der Waals surface area (Å²) in [4.78, 5) is 23.2. The molecule has 0 heterocycles. The first-order valence-corrected chi connectivity index (χ1v) is 5.60. The number of nitro groups is 1. The van der Waals surface area contributed by atoms with E-state index in [1.807, 2.05) is 0 Å². The van der Waals surface area contributed by atoms with Gasteiger partial charge in [0.1, 0.15) is 11.4 Å². The average molecular weight is 268 g/mol. The highest BCUT2D eigenvalue weighted by Crippen LogP contribution is 2.31. The maximum absolute atomic E-state index is 11.1. The number of carbonyl (C=O) groups excluding carboxylic acids is 1. The molecule has 0 aliphatic heterocycles. The number of hydrogen-bond acceptors (Lipinski definition) is 6. The molecule has 7 nitrogen and oxygen atoms in total. The molecule has 0 fully saturated rings. The zero-order valence-electron chi connectivity index (χ0n) is 11.1. The van der Waals surface area contributed by atoms with Crippen LogP contribution < -0.4 is 9.64 Å². The second kappa shape index (κ2) is 6.58. The molecule has 0 saturated heterocycles. The van der Waals surface area contributed by atoms with Crippen molar-refractivity contribution in [3.8, 4) is 5.75 Å². The second-order valence-electron chi connectivity index (χ2n) is 3.86. The largest absolute Gasteiger partial charge is 0.496 e. The van der Waals surface area contributed by atoms with Gasteiger partial charge in [0.05, 0.1) is 31.6 Å². The van der Waals surface area contributed by atoms with Gasteiger partial charge in [-0.25, -0.2) is 0 Å². The molecule has 19 heavy (non-hydrogen) atoms. The van der Waals surface area contributed by atoms with Crippen molar-refractivity contribution in [2.24, 2.45) is 0 Å². The number of ether oxygens (including phenoxy) is 2. The van der Waals surface area contributed by atoms with Crippen molar-refractivity contribution < 1.29 is 19.2 Å². The first-order valence-electron chi connectivity index (χ1n) is 5.60. The Hall–Kier alpha value is -2.31. The van der Waals surface area contributed by atoms with E-state index in [0.29, 0.717) is 18.0 Å². The van der Waals surface area contributed by atoms with Crippen LogP contribution in [0.1, 0.15) is 6.42 Å². The highest BCUT2D eigenvalue weighted by Gasteiger charge is 2.18. The standard InChI is InChI=1S/C12H16N2O5/c1-13(7-6-12(15)19-3)10-5-4-9(18-2)8-11(10)14(16)17/h4-5,8H,6-7H2,1-3H3. The number of nitrogens with zero attached hydrogens (tertiary/aromatic N) is 2. The molecule has 0 radical (unpaired) electrons. The smallest absolute Gasteiger partial charge is 0.307 e. The number of anilines is 1. The Bertz CT molecular complexity index is 475. The van der Waals surface area contributed by atoms with Crippen molar-refractivity contribution >= 4 is 17.3 Å². The number of nitro benzene ring substituents is 1. The van der Waals surface area contributed by atoms with Gasteiger partial charge >= 0.3 is 5.97 Å². The minimum absolute atomic E-state index is 0.0632. The summed E-state index contributed by atoms with van der Waals surface area (Å²) in [7, 11) is 4.43. The maximum atomic E-state index is 11.1. The summed E-state index contributed by atoms with van der Waals surface area (Å²) in [5.74, 6) is 0.0554. The summed E-state index contributed by atoms with van der Waals surface area (Å²) in [6, 6.07) is 4.58. The molecule has 0 amide bonds. The average Bonchev–Trinajstić information content (AvgIpc) is 2.43. The van der Waals surface area contributed by atoms with Gasteiger partial charge in [-0.15, -0.1) is 0 Å². The lowest BCUT2D eigenvalue weighted by Gasteiger charge is -2.18. The van der Waals surface area contributed by atoms with Crippen molar-refractivity contribution in [3.05, 3.63) is 28.3 Å². The van der Waals surface area contributed by atoms with Gasteiger partial charge in [-0.2, -0.15) is 0 Å². The van der Waals surface area contributed by atoms with E-state index in [2.05, 4.69) is 4.74 Å². The monoisotopic (exact) mass is 268 g/mol. The molecule has 1 rings (SSSR count). The van der Waals surface area contributed by atoms with Gasteiger partial charge in [-0.3, -0.25) is 14.9 Å². The van der Waals surface area contributed by atoms with Crippen molar-refractivity contribution in [1.82, 2.24) is 0 Å². The lowest BCUT2D eigenvalue weighted by molar-refractivity contribution is -0.384. The summed E-state index contributed by atoms with van der Waals surface area (Å²) in [5, 5.41) is 11.0. The van der Waals surface area contributed by atoms with E-state index < -0.39 is 4.92 Å². The minimum Gasteiger partial charge on any atom is -0.496 e. The van der Waals surface area contributed by atoms with E-state index in [-0.39, 0.29) is 18.1 Å². The fourth-order valence-corrected chi connectivity index (χ4v) is 1.58. The number of esters is 1. The van der Waals surface area contributed by atoms with Crippen LogP contribution in [0, 0.1) is 10.1 Å². The quantitative estimate of drug-likeness (QED) is 0.443. The fraction of sp³-hybridized carbons (Fsp3) is 0.417. The lowest BCUT2D eigenvalue weighted by atomic mass is 10.2. The number of rotatable bonds is 6. The zero-order valence-corrected chi connectivity index (χ0v) is 11.1. The van der Waals surface area contributed by atoms with Crippen molar-refractivity contribution in [2.45, 2.75) is 6.42 Å². The van der Waals surface area contributed by atoms with Crippen LogP contribution in [-0.2, 0) is 9.53 Å². The van der Waals surface area contributed by atoms with Crippen molar-refractivity contribution in [1.29, 1.82) is 0 Å². The molecule has 1 aromatic rings. The van der Waals surface area contributed by atoms with E-state index in [0.717, 1.165) is 0 Å². The third-order valence-electron chi connectivity index (χ3n) is 2.67. The first-order chi connectivity index (χ1) is 8.99. The molecule has 0 bridgehead atoms. The second-order valence-corrected chi connectivity index (χ2v) is 3.86. The fourth-order valence-electron chi connectivity index (χ4n) is 1.58. The Morgan fingerprint density at radius 1 is 1.42 bits per heavy atom. The van der Waals surface area contributed by atoms with Crippen LogP contribution in [0.5, 0.6) is 5.75 Å². The predicted octanol–water partition coefficient (Wildman–Crippen LogP) is 1.60. The molecule has 0 aliphatic carbocycles. The summed E-state index contributed by atoms with van der Waals surface area (Å²) in [6.07, 6.45) is 0.163. The molecule has 0 N–H and O–H groups in total. The Morgan fingerprint density at radius 3 is 2.63 bits per heavy atom. The van der Waals surface area contributed by atoms with Crippen molar-refractivity contribution in [2.75, 3.05) is 32.7 Å². The molecule has 0 atom stereocenters. The molecule has 0 unspecified atom stereocenters. The van der Waals surface area contributed by atoms with Crippen LogP contribution in [0.2, 0.25) is 0 Å². The van der Waals surface area contributed by atoms with Gasteiger partial charge in [0.2, 0.25) is 0 Å². The molecule has 0 aliphatic rings. The Labute approximate surface area is 110 Å². The van der Waals surface area contributed by atoms with Gasteiger partial charge in [0, 0.05) is 13.6 Å². The van der Waals surface area contributed by atoms with Crippen LogP contribution in [0.25, 0.3) is 0 Å². The van der Waals surface area contributed by atoms with Crippen LogP contribution in [-0.4, -0.2) is 38.7 Å². The van der Waals surface area contributed by atoms with Crippen LogP contribution in [0.3, 0.4) is 0 Å². The predicted molar refractivity (Wildman–Crippen MR) is 69.6 cm³/mol. The van der Waals surface area contributed by atoms with E-state index >= 15 is 0 Å². The highest BCUT2D eigenvalue weighted by atomic mass is 16.6. The van der Waals surface area contributed by atoms with Crippen LogP contribution >= 0.6 is 0 Å². The molecular formula is C12H16N2O5. The Kier molecular flexibility index (Phi) is 5.11. The molecule has 0 spiro atoms. The summed E-state index contributed by atoms with van der Waals surface area (Å²) in [5.41, 5.74) is 0.362. The van der Waals surface area contributed by atoms with Crippen molar-refractivity contribution in [3.63, 3.8) is 0 Å². The SMILES string of the molecule is COC(=O)CCN(C)c1ccc(OC)cc1[N+](=O)[O-]. The van der Waals surface area contributed by atoms with Gasteiger partial charge in [-0.1, -0.05) is 0 Å². The number of benzene rings is 1. The van der Waals surface area contributed by atoms with Gasteiger partial charge in [0.25, 0.3) is 5.69 Å². The summed E-state index contributed by atoms with van der Waals surface area (Å²) < 4.78 is 9.49. The molecular weight excluding hydrogens is 252 g/mol. The Morgan fingerprint density at radius 2 is 2.11 bits per heavy atom.